The average Bonchev–Trinajstić information content (AvgIpc) is 2.69. The highest BCUT2D eigenvalue weighted by molar-refractivity contribution is 5.99. The number of nitrogens with one attached hydrogen (secondary N) is 1. The van der Waals surface area contributed by atoms with Crippen LogP contribution in [0.4, 0.5) is 5.69 Å². The first-order valence-corrected chi connectivity index (χ1v) is 9.13. The van der Waals surface area contributed by atoms with Crippen molar-refractivity contribution in [1.82, 2.24) is 0 Å². The topological polar surface area (TPSA) is 88.4 Å². The van der Waals surface area contributed by atoms with Crippen LogP contribution in [0, 0.1) is 18.3 Å². The Bertz CT molecular complexity index is 923. The molecule has 1 fully saturated rings. The van der Waals surface area contributed by atoms with E-state index in [2.05, 4.69) is 5.32 Å². The fourth-order valence-electron chi connectivity index (χ4n) is 3.43. The Hall–Kier alpha value is -3.17. The van der Waals surface area contributed by atoms with E-state index >= 15 is 0 Å². The summed E-state index contributed by atoms with van der Waals surface area (Å²) in [6, 6.07) is 14.6. The molecule has 0 radical (unpaired) electrons. The van der Waals surface area contributed by atoms with E-state index in [-0.39, 0.29) is 17.2 Å². The Morgan fingerprint density at radius 1 is 1.14 bits per heavy atom. The Morgan fingerprint density at radius 2 is 1.82 bits per heavy atom. The molecular weight excluding hydrogens is 356 g/mol. The van der Waals surface area contributed by atoms with Crippen LogP contribution in [0.15, 0.2) is 42.5 Å². The number of nitrogens with zero attached hydrogens (tertiary/aromatic N) is 1. The minimum atomic E-state index is -0.687. The molecule has 0 unspecified atom stereocenters. The predicted molar refractivity (Wildman–Crippen MR) is 104 cm³/mol. The van der Waals surface area contributed by atoms with E-state index in [4.69, 9.17) is 9.47 Å². The van der Waals surface area contributed by atoms with Crippen LogP contribution in [0.5, 0.6) is 5.75 Å². The standard InChI is InChI=1S/C22H22N2O4/c1-15-3-5-18(6-4-15)22(9-11-27-12-10-22)21(26)24-19-7-8-20(28-16(2)25)17(13-19)14-23/h3-8,13H,9-12H2,1-2H3,(H,24,26). The van der Waals surface area contributed by atoms with E-state index in [0.29, 0.717) is 31.7 Å². The van der Waals surface area contributed by atoms with Gasteiger partial charge in [-0.15, -0.1) is 0 Å². The van der Waals surface area contributed by atoms with Crippen molar-refractivity contribution in [3.63, 3.8) is 0 Å². The number of hydrogen-bond acceptors (Lipinski definition) is 5. The van der Waals surface area contributed by atoms with Gasteiger partial charge in [0.2, 0.25) is 5.91 Å². The second-order valence-corrected chi connectivity index (χ2v) is 6.93. The summed E-state index contributed by atoms with van der Waals surface area (Å²) in [6.45, 7) is 4.30. The largest absolute Gasteiger partial charge is 0.425 e. The highest BCUT2D eigenvalue weighted by Crippen LogP contribution is 2.36. The highest BCUT2D eigenvalue weighted by atomic mass is 16.5. The first-order valence-electron chi connectivity index (χ1n) is 9.13. The lowest BCUT2D eigenvalue weighted by Gasteiger charge is -2.36. The zero-order valence-corrected chi connectivity index (χ0v) is 16.0. The van der Waals surface area contributed by atoms with Crippen LogP contribution in [0.3, 0.4) is 0 Å². The molecule has 6 heteroatoms. The molecule has 0 saturated carbocycles. The zero-order chi connectivity index (χ0) is 20.1. The third kappa shape index (κ3) is 4.05. The fraction of sp³-hybridized carbons (Fsp3) is 0.318. The quantitative estimate of drug-likeness (QED) is 0.650. The molecule has 0 spiro atoms. The molecule has 1 aliphatic rings. The van der Waals surface area contributed by atoms with E-state index in [0.717, 1.165) is 11.1 Å². The first kappa shape index (κ1) is 19.6. The SMILES string of the molecule is CC(=O)Oc1ccc(NC(=O)C2(c3ccc(C)cc3)CCOCC2)cc1C#N. The van der Waals surface area contributed by atoms with E-state index < -0.39 is 11.4 Å². The number of carbonyl (C=O) groups excluding carboxylic acids is 2. The van der Waals surface area contributed by atoms with Gasteiger partial charge in [0.25, 0.3) is 0 Å². The molecule has 1 N–H and O–H groups in total. The van der Waals surface area contributed by atoms with Gasteiger partial charge in [0.1, 0.15) is 11.8 Å². The molecule has 0 bridgehead atoms. The summed E-state index contributed by atoms with van der Waals surface area (Å²) in [7, 11) is 0. The zero-order valence-electron chi connectivity index (χ0n) is 16.0. The van der Waals surface area contributed by atoms with Crippen LogP contribution in [0.1, 0.15) is 36.5 Å². The van der Waals surface area contributed by atoms with Crippen molar-refractivity contribution >= 4 is 17.6 Å². The highest BCUT2D eigenvalue weighted by Gasteiger charge is 2.41. The summed E-state index contributed by atoms with van der Waals surface area (Å²) >= 11 is 0. The lowest BCUT2D eigenvalue weighted by molar-refractivity contribution is -0.132. The molecular formula is C22H22N2O4. The van der Waals surface area contributed by atoms with Gasteiger partial charge in [-0.2, -0.15) is 5.26 Å². The van der Waals surface area contributed by atoms with Gasteiger partial charge in [0.15, 0.2) is 0 Å². The second-order valence-electron chi connectivity index (χ2n) is 6.93. The summed E-state index contributed by atoms with van der Waals surface area (Å²) in [5.74, 6) is -0.468. The Labute approximate surface area is 164 Å². The molecule has 1 aliphatic heterocycles. The summed E-state index contributed by atoms with van der Waals surface area (Å²) in [4.78, 5) is 24.5. The van der Waals surface area contributed by atoms with Crippen LogP contribution in [-0.2, 0) is 19.7 Å². The van der Waals surface area contributed by atoms with Crippen molar-refractivity contribution in [2.24, 2.45) is 0 Å². The molecule has 0 aliphatic carbocycles. The van der Waals surface area contributed by atoms with Crippen LogP contribution in [-0.4, -0.2) is 25.1 Å². The van der Waals surface area contributed by atoms with Crippen molar-refractivity contribution in [2.45, 2.75) is 32.1 Å². The third-order valence-corrected chi connectivity index (χ3v) is 5.00. The number of anilines is 1. The number of nitriles is 1. The van der Waals surface area contributed by atoms with Gasteiger partial charge in [-0.25, -0.2) is 0 Å². The van der Waals surface area contributed by atoms with Crippen molar-refractivity contribution in [1.29, 1.82) is 5.26 Å². The molecule has 1 amide bonds. The van der Waals surface area contributed by atoms with Crippen LogP contribution < -0.4 is 10.1 Å². The number of amides is 1. The maximum atomic E-state index is 13.3. The minimum absolute atomic E-state index is 0.135. The third-order valence-electron chi connectivity index (χ3n) is 5.00. The molecule has 1 saturated heterocycles. The number of carbonyl (C=O) groups is 2. The van der Waals surface area contributed by atoms with E-state index in [9.17, 15) is 14.9 Å². The molecule has 6 nitrogen and oxygen atoms in total. The average molecular weight is 378 g/mol. The molecule has 2 aromatic rings. The second kappa shape index (κ2) is 8.24. The lowest BCUT2D eigenvalue weighted by atomic mass is 9.73. The van der Waals surface area contributed by atoms with Crippen LogP contribution in [0.25, 0.3) is 0 Å². The molecule has 1 heterocycles. The Balaban J connectivity index is 1.89. The van der Waals surface area contributed by atoms with Crippen LogP contribution >= 0.6 is 0 Å². The number of aryl methyl sites for hydroxylation is 1. The van der Waals surface area contributed by atoms with E-state index in [1.807, 2.05) is 37.3 Å². The van der Waals surface area contributed by atoms with Gasteiger partial charge in [-0.3, -0.25) is 9.59 Å². The summed E-state index contributed by atoms with van der Waals surface area (Å²) in [5.41, 5.74) is 2.06. The van der Waals surface area contributed by atoms with E-state index in [1.54, 1.807) is 6.07 Å². The van der Waals surface area contributed by atoms with Crippen molar-refractivity contribution in [2.75, 3.05) is 18.5 Å². The van der Waals surface area contributed by atoms with Crippen molar-refractivity contribution in [3.8, 4) is 11.8 Å². The molecule has 0 aromatic heterocycles. The Morgan fingerprint density at radius 3 is 2.43 bits per heavy atom. The monoisotopic (exact) mass is 378 g/mol. The maximum Gasteiger partial charge on any atom is 0.308 e. The smallest absolute Gasteiger partial charge is 0.308 e. The molecule has 28 heavy (non-hydrogen) atoms. The van der Waals surface area contributed by atoms with Gasteiger partial charge in [-0.1, -0.05) is 29.8 Å². The molecule has 0 atom stereocenters. The maximum absolute atomic E-state index is 13.3. The van der Waals surface area contributed by atoms with E-state index in [1.165, 1.54) is 19.1 Å². The first-order chi connectivity index (χ1) is 13.4. The van der Waals surface area contributed by atoms with Crippen LogP contribution in [0.2, 0.25) is 0 Å². The number of esters is 1. The predicted octanol–water partition coefficient (Wildman–Crippen LogP) is 3.48. The van der Waals surface area contributed by atoms with Crippen molar-refractivity contribution < 1.29 is 19.1 Å². The number of benzene rings is 2. The molecule has 3 rings (SSSR count). The Kier molecular flexibility index (Phi) is 5.76. The number of ether oxygens (including phenoxy) is 2. The number of rotatable bonds is 4. The minimum Gasteiger partial charge on any atom is -0.425 e. The summed E-state index contributed by atoms with van der Waals surface area (Å²) in [5, 5.41) is 12.3. The van der Waals surface area contributed by atoms with Gasteiger partial charge in [0.05, 0.1) is 11.0 Å². The number of hydrogen-bond donors (Lipinski definition) is 1. The van der Waals surface area contributed by atoms with Gasteiger partial charge < -0.3 is 14.8 Å². The summed E-state index contributed by atoms with van der Waals surface area (Å²) < 4.78 is 10.5. The molecule has 2 aromatic carbocycles. The van der Waals surface area contributed by atoms with Gasteiger partial charge in [0, 0.05) is 25.8 Å². The fourth-order valence-corrected chi connectivity index (χ4v) is 3.43. The lowest BCUT2D eigenvalue weighted by Crippen LogP contribution is -2.44. The van der Waals surface area contributed by atoms with Gasteiger partial charge >= 0.3 is 5.97 Å². The summed E-state index contributed by atoms with van der Waals surface area (Å²) in [6.07, 6.45) is 1.16. The van der Waals surface area contributed by atoms with Gasteiger partial charge in [-0.05, 0) is 43.5 Å². The molecule has 144 valence electrons. The van der Waals surface area contributed by atoms with Crippen molar-refractivity contribution in [3.05, 3.63) is 59.2 Å². The normalized spacial score (nSPS) is 15.3.